The van der Waals surface area contributed by atoms with Crippen LogP contribution < -0.4 is 10.1 Å². The van der Waals surface area contributed by atoms with E-state index in [1.807, 2.05) is 0 Å². The van der Waals surface area contributed by atoms with E-state index in [1.54, 1.807) is 6.07 Å². The summed E-state index contributed by atoms with van der Waals surface area (Å²) in [5.41, 5.74) is -0.118. The lowest BCUT2D eigenvalue weighted by Crippen LogP contribution is -2.16. The summed E-state index contributed by atoms with van der Waals surface area (Å²) < 4.78 is 10.7. The highest BCUT2D eigenvalue weighted by Gasteiger charge is 2.12. The van der Waals surface area contributed by atoms with Crippen LogP contribution in [-0.4, -0.2) is 17.9 Å². The Morgan fingerprint density at radius 1 is 1.43 bits per heavy atom. The molecule has 110 valence electrons. The molecular weight excluding hydrogens is 300 g/mol. The van der Waals surface area contributed by atoms with E-state index >= 15 is 0 Å². The Bertz CT molecular complexity index is 683. The first-order valence-corrected chi connectivity index (χ1v) is 6.26. The molecule has 0 aliphatic heterocycles. The van der Waals surface area contributed by atoms with Gasteiger partial charge < -0.3 is 14.5 Å². The molecule has 0 fully saturated rings. The average molecular weight is 311 g/mol. The van der Waals surface area contributed by atoms with Gasteiger partial charge >= 0.3 is 0 Å². The number of amides is 1. The molecule has 0 spiro atoms. The van der Waals surface area contributed by atoms with Crippen LogP contribution in [0.15, 0.2) is 34.7 Å². The van der Waals surface area contributed by atoms with Gasteiger partial charge in [0.2, 0.25) is 0 Å². The molecule has 1 heterocycles. The smallest absolute Gasteiger partial charge is 0.286 e. The Morgan fingerprint density at radius 2 is 2.19 bits per heavy atom. The van der Waals surface area contributed by atoms with Gasteiger partial charge in [-0.2, -0.15) is 0 Å². The Kier molecular flexibility index (Phi) is 4.44. The molecule has 1 N–H and O–H groups in total. The van der Waals surface area contributed by atoms with Gasteiger partial charge in [-0.1, -0.05) is 11.6 Å². The SMILES string of the molecule is CNC(=O)c1ccc(COc2ccc([N+](=O)[O-])cc2Cl)o1. The maximum absolute atomic E-state index is 11.3. The number of nitrogens with one attached hydrogen (secondary N) is 1. The van der Waals surface area contributed by atoms with E-state index in [-0.39, 0.29) is 29.0 Å². The zero-order valence-electron chi connectivity index (χ0n) is 11.0. The van der Waals surface area contributed by atoms with Gasteiger partial charge in [0.25, 0.3) is 11.6 Å². The highest BCUT2D eigenvalue weighted by atomic mass is 35.5. The molecule has 1 amide bonds. The van der Waals surface area contributed by atoms with Crippen LogP contribution in [0, 0.1) is 10.1 Å². The van der Waals surface area contributed by atoms with E-state index in [1.165, 1.54) is 31.3 Å². The minimum Gasteiger partial charge on any atom is -0.484 e. The van der Waals surface area contributed by atoms with Crippen LogP contribution >= 0.6 is 11.6 Å². The van der Waals surface area contributed by atoms with Crippen molar-refractivity contribution in [2.45, 2.75) is 6.61 Å². The molecule has 8 heteroatoms. The number of carbonyl (C=O) groups excluding carboxylic acids is 1. The van der Waals surface area contributed by atoms with Crippen molar-refractivity contribution in [1.82, 2.24) is 5.32 Å². The van der Waals surface area contributed by atoms with E-state index in [9.17, 15) is 14.9 Å². The molecule has 0 atom stereocenters. The zero-order valence-corrected chi connectivity index (χ0v) is 11.7. The number of ether oxygens (including phenoxy) is 1. The number of carbonyl (C=O) groups is 1. The Morgan fingerprint density at radius 3 is 2.81 bits per heavy atom. The van der Waals surface area contributed by atoms with E-state index in [0.717, 1.165) is 0 Å². The van der Waals surface area contributed by atoms with Gasteiger partial charge in [0.1, 0.15) is 18.1 Å². The largest absolute Gasteiger partial charge is 0.484 e. The minimum absolute atomic E-state index is 0.0501. The molecule has 0 bridgehead atoms. The highest BCUT2D eigenvalue weighted by Crippen LogP contribution is 2.29. The van der Waals surface area contributed by atoms with Gasteiger partial charge in [0.05, 0.1) is 9.95 Å². The van der Waals surface area contributed by atoms with Crippen LogP contribution in [0.5, 0.6) is 5.75 Å². The second-order valence-electron chi connectivity index (χ2n) is 4.01. The summed E-state index contributed by atoms with van der Waals surface area (Å²) in [4.78, 5) is 21.4. The Hall–Kier alpha value is -2.54. The summed E-state index contributed by atoms with van der Waals surface area (Å²) in [6.07, 6.45) is 0. The van der Waals surface area contributed by atoms with Crippen LogP contribution in [0.1, 0.15) is 16.3 Å². The van der Waals surface area contributed by atoms with Crippen LogP contribution in [0.3, 0.4) is 0 Å². The topological polar surface area (TPSA) is 94.6 Å². The average Bonchev–Trinajstić information content (AvgIpc) is 2.93. The van der Waals surface area contributed by atoms with E-state index in [0.29, 0.717) is 11.5 Å². The van der Waals surface area contributed by atoms with Crippen LogP contribution in [0.4, 0.5) is 5.69 Å². The fourth-order valence-electron chi connectivity index (χ4n) is 1.57. The summed E-state index contributed by atoms with van der Waals surface area (Å²) in [5, 5.41) is 13.2. The molecule has 2 aromatic rings. The molecule has 0 unspecified atom stereocenters. The van der Waals surface area contributed by atoms with Gasteiger partial charge in [-0.05, 0) is 18.2 Å². The second-order valence-corrected chi connectivity index (χ2v) is 4.41. The number of benzene rings is 1. The number of nitrogens with zero attached hydrogens (tertiary/aromatic N) is 1. The fraction of sp³-hybridized carbons (Fsp3) is 0.154. The van der Waals surface area contributed by atoms with E-state index in [2.05, 4.69) is 5.32 Å². The zero-order chi connectivity index (χ0) is 15.4. The molecule has 0 aliphatic rings. The summed E-state index contributed by atoms with van der Waals surface area (Å²) in [6.45, 7) is 0.0501. The first-order valence-electron chi connectivity index (χ1n) is 5.89. The number of halogens is 1. The molecule has 0 saturated heterocycles. The third kappa shape index (κ3) is 3.51. The van der Waals surface area contributed by atoms with Crippen molar-refractivity contribution in [3.05, 3.63) is 57.0 Å². The number of furan rings is 1. The number of hydrogen-bond acceptors (Lipinski definition) is 5. The normalized spacial score (nSPS) is 10.2. The summed E-state index contributed by atoms with van der Waals surface area (Å²) in [6, 6.07) is 7.02. The lowest BCUT2D eigenvalue weighted by Gasteiger charge is -2.06. The van der Waals surface area contributed by atoms with Crippen molar-refractivity contribution >= 4 is 23.2 Å². The van der Waals surface area contributed by atoms with Gasteiger partial charge in [-0.15, -0.1) is 0 Å². The Labute approximate surface area is 124 Å². The monoisotopic (exact) mass is 310 g/mol. The molecule has 0 radical (unpaired) electrons. The van der Waals surface area contributed by atoms with Crippen LogP contribution in [0.25, 0.3) is 0 Å². The van der Waals surface area contributed by atoms with E-state index in [4.69, 9.17) is 20.8 Å². The number of hydrogen-bond donors (Lipinski definition) is 1. The molecule has 7 nitrogen and oxygen atoms in total. The third-order valence-electron chi connectivity index (χ3n) is 2.61. The predicted octanol–water partition coefficient (Wildman–Crippen LogP) is 2.78. The molecule has 21 heavy (non-hydrogen) atoms. The number of rotatable bonds is 5. The van der Waals surface area contributed by atoms with Crippen molar-refractivity contribution in [2.24, 2.45) is 0 Å². The summed E-state index contributed by atoms with van der Waals surface area (Å²) in [7, 11) is 1.50. The molecule has 0 aliphatic carbocycles. The number of nitro benzene ring substituents is 1. The standard InChI is InChI=1S/C13H11ClN2O5/c1-15-13(17)12-5-3-9(21-12)7-20-11-4-2-8(16(18)19)6-10(11)14/h2-6H,7H2,1H3,(H,15,17). The molecule has 0 saturated carbocycles. The number of nitro groups is 1. The van der Waals surface area contributed by atoms with E-state index < -0.39 is 4.92 Å². The summed E-state index contributed by atoms with van der Waals surface area (Å²) in [5.74, 6) is 0.559. The minimum atomic E-state index is -0.544. The quantitative estimate of drug-likeness (QED) is 0.677. The van der Waals surface area contributed by atoms with Crippen LogP contribution in [0.2, 0.25) is 5.02 Å². The highest BCUT2D eigenvalue weighted by molar-refractivity contribution is 6.32. The predicted molar refractivity (Wildman–Crippen MR) is 74.5 cm³/mol. The maximum atomic E-state index is 11.3. The fourth-order valence-corrected chi connectivity index (χ4v) is 1.80. The van der Waals surface area contributed by atoms with Crippen molar-refractivity contribution in [3.8, 4) is 5.75 Å². The first kappa shape index (κ1) is 14.9. The Balaban J connectivity index is 2.04. The summed E-state index contributed by atoms with van der Waals surface area (Å²) >= 11 is 5.89. The lowest BCUT2D eigenvalue weighted by atomic mass is 10.3. The van der Waals surface area contributed by atoms with Crippen molar-refractivity contribution < 1.29 is 18.9 Å². The van der Waals surface area contributed by atoms with Crippen molar-refractivity contribution in [3.63, 3.8) is 0 Å². The van der Waals surface area contributed by atoms with Gasteiger partial charge in [-0.25, -0.2) is 0 Å². The van der Waals surface area contributed by atoms with Crippen LogP contribution in [-0.2, 0) is 6.61 Å². The molecule has 1 aromatic heterocycles. The molecule has 1 aromatic carbocycles. The van der Waals surface area contributed by atoms with Gasteiger partial charge in [0.15, 0.2) is 5.76 Å². The van der Waals surface area contributed by atoms with Gasteiger partial charge in [0, 0.05) is 19.2 Å². The third-order valence-corrected chi connectivity index (χ3v) is 2.90. The molecular formula is C13H11ClN2O5. The molecule has 2 rings (SSSR count). The van der Waals surface area contributed by atoms with Gasteiger partial charge in [-0.3, -0.25) is 14.9 Å². The second kappa shape index (κ2) is 6.27. The number of non-ortho nitro benzene ring substituents is 1. The lowest BCUT2D eigenvalue weighted by molar-refractivity contribution is -0.384. The first-order chi connectivity index (χ1) is 10.0. The van der Waals surface area contributed by atoms with Crippen molar-refractivity contribution in [1.29, 1.82) is 0 Å². The van der Waals surface area contributed by atoms with Crippen molar-refractivity contribution in [2.75, 3.05) is 7.05 Å². The maximum Gasteiger partial charge on any atom is 0.286 e.